The summed E-state index contributed by atoms with van der Waals surface area (Å²) in [5.74, 6) is 0. The molecule has 0 aromatic heterocycles. The highest BCUT2D eigenvalue weighted by molar-refractivity contribution is 5.99. The minimum absolute atomic E-state index is 1.13. The summed E-state index contributed by atoms with van der Waals surface area (Å²) < 4.78 is 0. The van der Waals surface area contributed by atoms with Crippen molar-refractivity contribution in [2.75, 3.05) is 9.80 Å². The van der Waals surface area contributed by atoms with Crippen molar-refractivity contribution >= 4 is 57.0 Å². The summed E-state index contributed by atoms with van der Waals surface area (Å²) in [6, 6.07) is 80.1. The van der Waals surface area contributed by atoms with Crippen LogP contribution in [0.15, 0.2) is 224 Å². The van der Waals surface area contributed by atoms with E-state index in [1.54, 1.807) is 0 Å². The predicted octanol–water partition coefficient (Wildman–Crippen LogP) is 15.6. The van der Waals surface area contributed by atoms with Crippen LogP contribution in [-0.4, -0.2) is 0 Å². The van der Waals surface area contributed by atoms with Crippen LogP contribution in [0.4, 0.5) is 34.1 Å². The van der Waals surface area contributed by atoms with Gasteiger partial charge in [-0.25, -0.2) is 0 Å². The molecule has 0 radical (unpaired) electrons. The molecule has 272 valence electrons. The quantitative estimate of drug-likeness (QED) is 0.129. The van der Waals surface area contributed by atoms with Gasteiger partial charge in [-0.05, 0) is 112 Å². The summed E-state index contributed by atoms with van der Waals surface area (Å²) in [4.78, 5) is 4.67. The molecule has 0 amide bonds. The van der Waals surface area contributed by atoms with Gasteiger partial charge in [-0.3, -0.25) is 0 Å². The van der Waals surface area contributed by atoms with Crippen LogP contribution in [0.25, 0.3) is 45.2 Å². The highest BCUT2D eigenvalue weighted by Crippen LogP contribution is 2.41. The van der Waals surface area contributed by atoms with Gasteiger partial charge in [0.1, 0.15) is 0 Å². The Morgan fingerprint density at radius 2 is 0.684 bits per heavy atom. The van der Waals surface area contributed by atoms with E-state index in [9.17, 15) is 0 Å². The largest absolute Gasteiger partial charge is 0.311 e. The minimum Gasteiger partial charge on any atom is -0.311 e. The van der Waals surface area contributed by atoms with Gasteiger partial charge in [0, 0.05) is 33.8 Å². The molecule has 0 saturated carbocycles. The number of nitrogens with zero attached hydrogens (tertiary/aromatic N) is 2. The fraction of sp³-hybridized carbons (Fsp3) is 0.0182. The van der Waals surface area contributed by atoms with Crippen molar-refractivity contribution < 1.29 is 0 Å². The van der Waals surface area contributed by atoms with Crippen molar-refractivity contribution in [2.24, 2.45) is 0 Å². The number of fused-ring (bicyclic) bond motifs is 1. The lowest BCUT2D eigenvalue weighted by atomic mass is 10.0. The Morgan fingerprint density at radius 1 is 0.298 bits per heavy atom. The van der Waals surface area contributed by atoms with Gasteiger partial charge in [-0.1, -0.05) is 176 Å². The van der Waals surface area contributed by atoms with Gasteiger partial charge in [0.05, 0.1) is 5.69 Å². The Kier molecular flexibility index (Phi) is 9.99. The van der Waals surface area contributed by atoms with Crippen LogP contribution in [0.3, 0.4) is 0 Å². The van der Waals surface area contributed by atoms with Gasteiger partial charge in [0.2, 0.25) is 0 Å². The smallest absolute Gasteiger partial charge is 0.0540 e. The molecule has 0 unspecified atom stereocenters. The van der Waals surface area contributed by atoms with E-state index in [2.05, 4.69) is 253 Å². The molecule has 2 nitrogen and oxygen atoms in total. The Labute approximate surface area is 335 Å². The molecule has 9 rings (SSSR count). The molecule has 57 heavy (non-hydrogen) atoms. The lowest BCUT2D eigenvalue weighted by molar-refractivity contribution is 1.26. The fourth-order valence-corrected chi connectivity index (χ4v) is 7.60. The van der Waals surface area contributed by atoms with Crippen LogP contribution >= 0.6 is 0 Å². The van der Waals surface area contributed by atoms with Crippen molar-refractivity contribution in [1.29, 1.82) is 0 Å². The zero-order chi connectivity index (χ0) is 38.4. The van der Waals surface area contributed by atoms with Gasteiger partial charge in [0.25, 0.3) is 0 Å². The Bertz CT molecular complexity index is 2710. The van der Waals surface area contributed by atoms with E-state index in [4.69, 9.17) is 0 Å². The molecule has 0 aliphatic carbocycles. The molecule has 0 heterocycles. The maximum atomic E-state index is 2.38. The Morgan fingerprint density at radius 3 is 1.21 bits per heavy atom. The normalized spacial score (nSPS) is 11.2. The molecular weight excluding hydrogens is 689 g/mol. The van der Waals surface area contributed by atoms with Crippen molar-refractivity contribution in [3.8, 4) is 22.3 Å². The predicted molar refractivity (Wildman–Crippen MR) is 244 cm³/mol. The zero-order valence-corrected chi connectivity index (χ0v) is 31.9. The molecule has 0 aliphatic rings. The summed E-state index contributed by atoms with van der Waals surface area (Å²) in [7, 11) is 0. The third-order valence-electron chi connectivity index (χ3n) is 10.6. The lowest BCUT2D eigenvalue weighted by Crippen LogP contribution is -2.11. The standard InChI is InChI=1S/C55H42N2/c1-41-13-8-11-21-54(41)57(55-22-12-15-48-14-9-10-20-53(48)55)52-39-35-47(36-40-52)45-31-27-43(28-32-45)24-23-42-25-29-44(30-26-42)46-33-37-51(38-34-46)56(49-16-4-2-5-17-49)50-18-6-3-7-19-50/h2-40H,1H3/b24-23+. The van der Waals surface area contributed by atoms with Crippen molar-refractivity contribution in [1.82, 2.24) is 0 Å². The molecule has 0 saturated heterocycles. The average molecular weight is 731 g/mol. The third-order valence-corrected chi connectivity index (χ3v) is 10.6. The molecule has 9 aromatic carbocycles. The van der Waals surface area contributed by atoms with Gasteiger partial charge < -0.3 is 9.80 Å². The van der Waals surface area contributed by atoms with E-state index in [1.807, 2.05) is 0 Å². The summed E-state index contributed by atoms with van der Waals surface area (Å²) in [6.45, 7) is 2.18. The lowest BCUT2D eigenvalue weighted by Gasteiger charge is -2.28. The van der Waals surface area contributed by atoms with Crippen molar-refractivity contribution in [3.63, 3.8) is 0 Å². The van der Waals surface area contributed by atoms with Crippen molar-refractivity contribution in [3.05, 3.63) is 241 Å². The number of rotatable bonds is 10. The second-order valence-corrected chi connectivity index (χ2v) is 14.3. The van der Waals surface area contributed by atoms with Crippen LogP contribution in [0, 0.1) is 6.92 Å². The van der Waals surface area contributed by atoms with Crippen molar-refractivity contribution in [2.45, 2.75) is 6.92 Å². The molecule has 0 spiro atoms. The van der Waals surface area contributed by atoms with E-state index in [0.717, 1.165) is 28.3 Å². The number of para-hydroxylation sites is 3. The second kappa shape index (κ2) is 16.1. The Balaban J connectivity index is 0.895. The number of hydrogen-bond donors (Lipinski definition) is 0. The monoisotopic (exact) mass is 730 g/mol. The fourth-order valence-electron chi connectivity index (χ4n) is 7.60. The average Bonchev–Trinajstić information content (AvgIpc) is 3.28. The number of anilines is 6. The van der Waals surface area contributed by atoms with E-state index in [1.165, 1.54) is 55.5 Å². The summed E-state index contributed by atoms with van der Waals surface area (Å²) in [5.41, 5.74) is 15.2. The number of hydrogen-bond acceptors (Lipinski definition) is 2. The summed E-state index contributed by atoms with van der Waals surface area (Å²) in [5, 5.41) is 2.46. The third kappa shape index (κ3) is 7.62. The summed E-state index contributed by atoms with van der Waals surface area (Å²) >= 11 is 0. The summed E-state index contributed by atoms with van der Waals surface area (Å²) in [6.07, 6.45) is 4.37. The van der Waals surface area contributed by atoms with E-state index in [-0.39, 0.29) is 0 Å². The van der Waals surface area contributed by atoms with Gasteiger partial charge in [-0.15, -0.1) is 0 Å². The molecular formula is C55H42N2. The molecule has 9 aromatic rings. The second-order valence-electron chi connectivity index (χ2n) is 14.3. The van der Waals surface area contributed by atoms with E-state index >= 15 is 0 Å². The van der Waals surface area contributed by atoms with Gasteiger partial charge in [-0.2, -0.15) is 0 Å². The van der Waals surface area contributed by atoms with Crippen LogP contribution in [-0.2, 0) is 0 Å². The molecule has 0 fully saturated rings. The molecule has 0 bridgehead atoms. The Hall–Kier alpha value is -7.42. The first-order valence-electron chi connectivity index (χ1n) is 19.5. The number of aryl methyl sites for hydroxylation is 1. The van der Waals surface area contributed by atoms with Crippen LogP contribution < -0.4 is 9.80 Å². The molecule has 0 N–H and O–H groups in total. The minimum atomic E-state index is 1.13. The van der Waals surface area contributed by atoms with Gasteiger partial charge in [0.15, 0.2) is 0 Å². The maximum Gasteiger partial charge on any atom is 0.0540 e. The first kappa shape index (κ1) is 35.3. The topological polar surface area (TPSA) is 6.48 Å². The van der Waals surface area contributed by atoms with E-state index < -0.39 is 0 Å². The first-order valence-corrected chi connectivity index (χ1v) is 19.5. The SMILES string of the molecule is Cc1ccccc1N(c1ccc(-c2ccc(/C=C/c3ccc(-c4ccc(N(c5ccccc5)c5ccccc5)cc4)cc3)cc2)cc1)c1cccc2ccccc12. The molecule has 2 heteroatoms. The highest BCUT2D eigenvalue weighted by atomic mass is 15.1. The van der Waals surface area contributed by atoms with Crippen LogP contribution in [0.2, 0.25) is 0 Å². The van der Waals surface area contributed by atoms with E-state index in [0.29, 0.717) is 0 Å². The van der Waals surface area contributed by atoms with Gasteiger partial charge >= 0.3 is 0 Å². The van der Waals surface area contributed by atoms with Crippen LogP contribution in [0.5, 0.6) is 0 Å². The maximum absolute atomic E-state index is 2.38. The zero-order valence-electron chi connectivity index (χ0n) is 31.9. The molecule has 0 atom stereocenters. The van der Waals surface area contributed by atoms with Crippen LogP contribution in [0.1, 0.15) is 16.7 Å². The molecule has 0 aliphatic heterocycles. The highest BCUT2D eigenvalue weighted by Gasteiger charge is 2.17. The first-order chi connectivity index (χ1) is 28.2. The number of benzene rings is 9.